The summed E-state index contributed by atoms with van der Waals surface area (Å²) in [4.78, 5) is 16.8. The maximum absolute atomic E-state index is 13.5. The molecule has 3 aromatic rings. The molecule has 0 unspecified atom stereocenters. The Morgan fingerprint density at radius 2 is 1.69 bits per heavy atom. The van der Waals surface area contributed by atoms with Crippen LogP contribution in [0.3, 0.4) is 0 Å². The van der Waals surface area contributed by atoms with E-state index in [0.717, 1.165) is 0 Å². The van der Waals surface area contributed by atoms with E-state index in [1.165, 1.54) is 24.3 Å². The molecule has 0 saturated carbocycles. The number of hydrogen-bond donors (Lipinski definition) is 3. The maximum atomic E-state index is 13.5. The van der Waals surface area contributed by atoms with E-state index in [1.807, 2.05) is 4.90 Å². The molecule has 0 bridgehead atoms. The Labute approximate surface area is 198 Å². The Kier molecular flexibility index (Phi) is 5.50. The van der Waals surface area contributed by atoms with Crippen LogP contribution < -0.4 is 16.0 Å². The van der Waals surface area contributed by atoms with Crippen LogP contribution in [0.5, 0.6) is 0 Å². The van der Waals surface area contributed by atoms with Crippen LogP contribution in [0.4, 0.5) is 41.3 Å². The number of hydrogen-bond acceptors (Lipinski definition) is 5. The highest BCUT2D eigenvalue weighted by molar-refractivity contribution is 5.78. The van der Waals surface area contributed by atoms with E-state index < -0.39 is 46.8 Å². The third-order valence-electron chi connectivity index (χ3n) is 6.16. The van der Waals surface area contributed by atoms with E-state index >= 15 is 0 Å². The number of nitrogens with zero attached hydrogens (tertiary/aromatic N) is 4. The smallest absolute Gasteiger partial charge is 0.368 e. The molecule has 36 heavy (non-hydrogen) atoms. The number of halogens is 7. The Morgan fingerprint density at radius 3 is 2.28 bits per heavy atom. The van der Waals surface area contributed by atoms with Crippen LogP contribution in [0.1, 0.15) is 23.0 Å². The van der Waals surface area contributed by atoms with Gasteiger partial charge in [0.25, 0.3) is 0 Å². The summed E-state index contributed by atoms with van der Waals surface area (Å²) in [7, 11) is 0. The SMILES string of the molecule is O=C1NCC2(CN([C@@H](CNc3cc(C(F)(F)F)nc4cc(C(F)(F)F)nn34)c3ccc(F)cc3)C2)N1. The highest BCUT2D eigenvalue weighted by Crippen LogP contribution is 2.35. The number of urea groups is 1. The van der Waals surface area contributed by atoms with Gasteiger partial charge in [0, 0.05) is 38.3 Å². The molecule has 4 heterocycles. The Balaban J connectivity index is 1.46. The van der Waals surface area contributed by atoms with Gasteiger partial charge in [-0.15, -0.1) is 0 Å². The second kappa shape index (κ2) is 8.21. The zero-order valence-corrected chi connectivity index (χ0v) is 18.2. The van der Waals surface area contributed by atoms with Gasteiger partial charge >= 0.3 is 18.4 Å². The third kappa shape index (κ3) is 4.50. The standard InChI is InChI=1S/C21H18F7N7O/c22-12-3-1-11(2-4-12)13(34-9-19(10-34)8-30-18(36)32-19)7-29-16-5-14(20(23,24)25)31-17-6-15(21(26,27)28)33-35(16)17/h1-6,13,29H,7-10H2,(H2,30,32,36)/t13-/m0/s1. The average Bonchev–Trinajstić information content (AvgIpc) is 3.38. The Hall–Kier alpha value is -3.62. The van der Waals surface area contributed by atoms with Crippen molar-refractivity contribution in [2.24, 2.45) is 0 Å². The van der Waals surface area contributed by atoms with Crippen LogP contribution in [0.25, 0.3) is 5.65 Å². The molecule has 2 aliphatic heterocycles. The Bertz CT molecular complexity index is 1300. The second-order valence-electron chi connectivity index (χ2n) is 8.76. The normalized spacial score (nSPS) is 18.7. The lowest BCUT2D eigenvalue weighted by Gasteiger charge is -2.50. The predicted octanol–water partition coefficient (Wildman–Crippen LogP) is 3.43. The minimum Gasteiger partial charge on any atom is -0.368 e. The minimum absolute atomic E-state index is 0.0549. The van der Waals surface area contributed by atoms with Crippen LogP contribution in [0.2, 0.25) is 0 Å². The molecule has 1 atom stereocenters. The topological polar surface area (TPSA) is 86.6 Å². The summed E-state index contributed by atoms with van der Waals surface area (Å²) in [5.41, 5.74) is -3.28. The predicted molar refractivity (Wildman–Crippen MR) is 111 cm³/mol. The fraction of sp³-hybridized carbons (Fsp3) is 0.381. The summed E-state index contributed by atoms with van der Waals surface area (Å²) >= 11 is 0. The average molecular weight is 517 g/mol. The van der Waals surface area contributed by atoms with E-state index in [1.54, 1.807) is 0 Å². The molecule has 0 aliphatic carbocycles. The number of nitrogens with one attached hydrogen (secondary N) is 3. The molecule has 192 valence electrons. The summed E-state index contributed by atoms with van der Waals surface area (Å²) in [6, 6.07) is 5.67. The maximum Gasteiger partial charge on any atom is 0.435 e. The molecular weight excluding hydrogens is 499 g/mol. The second-order valence-corrected chi connectivity index (χ2v) is 8.76. The lowest BCUT2D eigenvalue weighted by atomic mass is 9.87. The molecule has 2 saturated heterocycles. The van der Waals surface area contributed by atoms with Crippen molar-refractivity contribution in [3.63, 3.8) is 0 Å². The summed E-state index contributed by atoms with van der Waals surface area (Å²) in [5.74, 6) is -0.833. The van der Waals surface area contributed by atoms with E-state index in [2.05, 4.69) is 26.0 Å². The zero-order valence-electron chi connectivity index (χ0n) is 18.2. The van der Waals surface area contributed by atoms with Crippen molar-refractivity contribution in [2.45, 2.75) is 23.9 Å². The van der Waals surface area contributed by atoms with Crippen molar-refractivity contribution < 1.29 is 35.5 Å². The van der Waals surface area contributed by atoms with Gasteiger partial charge in [0.05, 0.1) is 11.6 Å². The fourth-order valence-corrected chi connectivity index (χ4v) is 4.45. The zero-order chi connectivity index (χ0) is 25.9. The summed E-state index contributed by atoms with van der Waals surface area (Å²) in [5, 5.41) is 11.7. The van der Waals surface area contributed by atoms with Gasteiger partial charge < -0.3 is 16.0 Å². The lowest BCUT2D eigenvalue weighted by Crippen LogP contribution is -2.69. The van der Waals surface area contributed by atoms with Gasteiger partial charge in [-0.2, -0.15) is 36.0 Å². The van der Waals surface area contributed by atoms with Crippen LogP contribution in [0, 0.1) is 5.82 Å². The van der Waals surface area contributed by atoms with Crippen LogP contribution in [-0.4, -0.2) is 57.2 Å². The Morgan fingerprint density at radius 1 is 1.03 bits per heavy atom. The van der Waals surface area contributed by atoms with Gasteiger partial charge in [-0.25, -0.2) is 14.2 Å². The molecule has 8 nitrogen and oxygen atoms in total. The molecule has 15 heteroatoms. The van der Waals surface area contributed by atoms with Crippen molar-refractivity contribution in [3.8, 4) is 0 Å². The van der Waals surface area contributed by atoms with Gasteiger partial charge in [-0.3, -0.25) is 4.90 Å². The number of amides is 2. The van der Waals surface area contributed by atoms with E-state index in [-0.39, 0.29) is 18.4 Å². The molecule has 2 fully saturated rings. The fourth-order valence-electron chi connectivity index (χ4n) is 4.45. The van der Waals surface area contributed by atoms with Crippen LogP contribution in [0.15, 0.2) is 36.4 Å². The number of carbonyl (C=O) groups excluding carboxylic acids is 1. The van der Waals surface area contributed by atoms with E-state index in [4.69, 9.17) is 0 Å². The molecule has 2 aliphatic rings. The van der Waals surface area contributed by atoms with Crippen molar-refractivity contribution >= 4 is 17.5 Å². The number of aromatic nitrogens is 3. The first-order valence-corrected chi connectivity index (χ1v) is 10.7. The molecule has 1 aromatic carbocycles. The number of alkyl halides is 6. The third-order valence-corrected chi connectivity index (χ3v) is 6.16. The van der Waals surface area contributed by atoms with Gasteiger partial charge in [-0.05, 0) is 17.7 Å². The summed E-state index contributed by atoms with van der Waals surface area (Å²) < 4.78 is 93.9. The van der Waals surface area contributed by atoms with Gasteiger partial charge in [0.2, 0.25) is 0 Å². The van der Waals surface area contributed by atoms with Gasteiger partial charge in [0.1, 0.15) is 11.6 Å². The molecule has 1 spiro atoms. The summed E-state index contributed by atoms with van der Waals surface area (Å²) in [6.07, 6.45) is -9.79. The van der Waals surface area contributed by atoms with Gasteiger partial charge in [-0.1, -0.05) is 12.1 Å². The molecule has 2 amide bonds. The van der Waals surface area contributed by atoms with Gasteiger partial charge in [0.15, 0.2) is 17.0 Å². The van der Waals surface area contributed by atoms with E-state index in [9.17, 15) is 35.5 Å². The number of fused-ring (bicyclic) bond motifs is 1. The minimum atomic E-state index is -4.91. The first kappa shape index (κ1) is 24.1. The molecule has 0 radical (unpaired) electrons. The van der Waals surface area contributed by atoms with Crippen molar-refractivity contribution in [3.05, 3.63) is 59.2 Å². The number of rotatable bonds is 5. The first-order chi connectivity index (χ1) is 16.8. The monoisotopic (exact) mass is 517 g/mol. The largest absolute Gasteiger partial charge is 0.435 e. The van der Waals surface area contributed by atoms with Crippen molar-refractivity contribution in [1.82, 2.24) is 30.1 Å². The quantitative estimate of drug-likeness (QED) is 0.452. The first-order valence-electron chi connectivity index (χ1n) is 10.7. The van der Waals surface area contributed by atoms with Crippen molar-refractivity contribution in [1.29, 1.82) is 0 Å². The molecule has 2 aromatic heterocycles. The number of anilines is 1. The lowest BCUT2D eigenvalue weighted by molar-refractivity contribution is -0.142. The molecule has 5 rings (SSSR count). The number of carbonyl (C=O) groups is 1. The number of benzene rings is 1. The molecular formula is C21H18F7N7O. The van der Waals surface area contributed by atoms with E-state index in [0.29, 0.717) is 41.8 Å². The summed E-state index contributed by atoms with van der Waals surface area (Å²) in [6.45, 7) is 1.13. The molecule has 3 N–H and O–H groups in total. The number of likely N-dealkylation sites (tertiary alicyclic amines) is 1. The van der Waals surface area contributed by atoms with Crippen molar-refractivity contribution in [2.75, 3.05) is 31.5 Å². The van der Waals surface area contributed by atoms with Crippen LogP contribution in [-0.2, 0) is 12.4 Å². The highest BCUT2D eigenvalue weighted by Gasteiger charge is 2.50. The highest BCUT2D eigenvalue weighted by atomic mass is 19.4. The van der Waals surface area contributed by atoms with Crippen LogP contribution >= 0.6 is 0 Å².